The molecule has 0 N–H and O–H groups in total. The molecule has 1 aliphatic heterocycles. The molecule has 3 nitrogen and oxygen atoms in total. The molecular weight excluding hydrogens is 713 g/mol. The van der Waals surface area contributed by atoms with Gasteiger partial charge in [-0.1, -0.05) is 166 Å². The molecule has 5 aromatic carbocycles. The van der Waals surface area contributed by atoms with Gasteiger partial charge in [-0.15, -0.1) is 0 Å². The second-order valence-electron chi connectivity index (χ2n) is 13.2. The summed E-state index contributed by atoms with van der Waals surface area (Å²) < 4.78 is 3.89. The zero-order chi connectivity index (χ0) is 33.8. The molecule has 0 saturated heterocycles. The Morgan fingerprint density at radius 2 is 1.18 bits per heavy atom. The van der Waals surface area contributed by atoms with Crippen molar-refractivity contribution in [3.63, 3.8) is 0 Å². The number of carbonyl (C=O) groups excluding carboxylic acids is 2. The van der Waals surface area contributed by atoms with E-state index < -0.39 is 26.8 Å². The Bertz CT molecular complexity index is 1860. The molecule has 1 aliphatic carbocycles. The number of rotatable bonds is 11. The number of halogens is 1. The number of benzene rings is 5. The lowest BCUT2D eigenvalue weighted by Crippen LogP contribution is -2.42. The van der Waals surface area contributed by atoms with E-state index in [0.717, 1.165) is 12.8 Å². The first-order valence-corrected chi connectivity index (χ1v) is 19.6. The van der Waals surface area contributed by atoms with E-state index in [2.05, 4.69) is 150 Å². The lowest BCUT2D eigenvalue weighted by Gasteiger charge is -2.42. The lowest BCUT2D eigenvalue weighted by atomic mass is 9.61. The average molecular weight is 756 g/mol. The van der Waals surface area contributed by atoms with Gasteiger partial charge in [-0.25, -0.2) is 0 Å². The molecule has 0 aromatic heterocycles. The standard InChI is InChI=1S/C45H42INO2/c1-32(48)43(47(2)44(49)29-28-42-40-24-14-12-22-38(40)39-23-13-15-25-41(39)42)30-37-27-26-36(31-46-37)45(33-16-6-3-7-17-33,34-18-8-4-9-19-34)35-20-10-5-11-21-35/h3-25,27,31,36,42-43H,26,28-30H2,1-2H3. The van der Waals surface area contributed by atoms with Crippen LogP contribution in [0.4, 0.5) is 0 Å². The molecule has 5 aromatic rings. The second-order valence-corrected chi connectivity index (χ2v) is 16.0. The predicted molar refractivity (Wildman–Crippen MR) is 210 cm³/mol. The normalized spacial score (nSPS) is 16.1. The Labute approximate surface area is 300 Å². The van der Waals surface area contributed by atoms with E-state index in [9.17, 15) is 9.59 Å². The van der Waals surface area contributed by atoms with Crippen LogP contribution in [0.2, 0.25) is 0 Å². The Hall–Kier alpha value is -4.42. The average Bonchev–Trinajstić information content (AvgIpc) is 3.48. The largest absolute Gasteiger partial charge is 0.335 e. The van der Waals surface area contributed by atoms with E-state index in [4.69, 9.17) is 0 Å². The number of hydrogen-bond donors (Lipinski definition) is 0. The zero-order valence-corrected chi connectivity index (χ0v) is 30.3. The molecule has 7 rings (SSSR count). The first-order chi connectivity index (χ1) is 24.0. The first kappa shape index (κ1) is 33.1. The fourth-order valence-corrected chi connectivity index (χ4v) is 11.0. The summed E-state index contributed by atoms with van der Waals surface area (Å²) in [6, 6.07) is 49.3. The molecule has 0 saturated carbocycles. The fourth-order valence-electron chi connectivity index (χ4n) is 8.08. The van der Waals surface area contributed by atoms with Gasteiger partial charge in [0.05, 0.1) is 11.5 Å². The number of likely N-dealkylation sites (N-methyl/N-ethyl adjacent to an activating group) is 1. The maximum absolute atomic E-state index is 13.7. The van der Waals surface area contributed by atoms with Gasteiger partial charge in [0.2, 0.25) is 5.91 Å². The van der Waals surface area contributed by atoms with Gasteiger partial charge >= 0.3 is 0 Å². The number of allylic oxidation sites excluding steroid dienone is 1. The minimum Gasteiger partial charge on any atom is -0.335 e. The van der Waals surface area contributed by atoms with Crippen molar-refractivity contribution in [2.24, 2.45) is 5.92 Å². The van der Waals surface area contributed by atoms with Gasteiger partial charge in [0.25, 0.3) is 0 Å². The summed E-state index contributed by atoms with van der Waals surface area (Å²) >= 11 is -0.467. The molecule has 2 unspecified atom stereocenters. The third kappa shape index (κ3) is 6.39. The highest BCUT2D eigenvalue weighted by Crippen LogP contribution is 2.49. The van der Waals surface area contributed by atoms with Crippen LogP contribution >= 0.6 is 20.7 Å². The van der Waals surface area contributed by atoms with Gasteiger partial charge in [0.15, 0.2) is 5.78 Å². The van der Waals surface area contributed by atoms with E-state index in [1.807, 2.05) is 7.05 Å². The monoisotopic (exact) mass is 755 g/mol. The summed E-state index contributed by atoms with van der Waals surface area (Å²) in [5, 5.41) is 0. The molecule has 4 heteroatoms. The number of carbonyl (C=O) groups is 2. The summed E-state index contributed by atoms with van der Waals surface area (Å²) in [6.45, 7) is 1.64. The van der Waals surface area contributed by atoms with E-state index in [1.165, 1.54) is 42.5 Å². The zero-order valence-electron chi connectivity index (χ0n) is 28.1. The highest BCUT2D eigenvalue weighted by atomic mass is 127. The van der Waals surface area contributed by atoms with Crippen LogP contribution in [0.3, 0.4) is 0 Å². The summed E-state index contributed by atoms with van der Waals surface area (Å²) in [4.78, 5) is 28.6. The minimum atomic E-state index is -0.467. The number of Topliss-reactive ketones (excluding diaryl/α,β-unsaturated/α-hetero) is 1. The molecule has 0 bridgehead atoms. The molecule has 0 radical (unpaired) electrons. The van der Waals surface area contributed by atoms with Crippen molar-refractivity contribution in [3.05, 3.63) is 177 Å². The van der Waals surface area contributed by atoms with E-state index in [0.29, 0.717) is 12.8 Å². The quantitative estimate of drug-likeness (QED) is 0.0995. The van der Waals surface area contributed by atoms with Gasteiger partial charge in [-0.3, -0.25) is 9.59 Å². The Kier molecular flexibility index (Phi) is 9.86. The first-order valence-electron chi connectivity index (χ1n) is 17.2. The number of fused-ring (bicyclic) bond motifs is 3. The molecule has 49 heavy (non-hydrogen) atoms. The number of hydrogen-bond acceptors (Lipinski definition) is 2. The smallest absolute Gasteiger partial charge is 0.222 e. The van der Waals surface area contributed by atoms with E-state index in [-0.39, 0.29) is 28.9 Å². The summed E-state index contributed by atoms with van der Waals surface area (Å²) in [7, 11) is 1.82. The van der Waals surface area contributed by atoms with E-state index in [1.54, 1.807) is 11.8 Å². The van der Waals surface area contributed by atoms with Crippen LogP contribution < -0.4 is 0 Å². The van der Waals surface area contributed by atoms with Gasteiger partial charge in [0.1, 0.15) is 0 Å². The van der Waals surface area contributed by atoms with Gasteiger partial charge in [0, 0.05) is 31.7 Å². The van der Waals surface area contributed by atoms with Gasteiger partial charge < -0.3 is 4.90 Å². The topological polar surface area (TPSA) is 37.4 Å². The number of nitrogens with zero attached hydrogens (tertiary/aromatic N) is 1. The van der Waals surface area contributed by atoms with Crippen molar-refractivity contribution in [2.75, 3.05) is 7.05 Å². The fraction of sp³-hybridized carbons (Fsp3) is 0.222. The Morgan fingerprint density at radius 3 is 1.63 bits per heavy atom. The van der Waals surface area contributed by atoms with E-state index >= 15 is 0 Å². The van der Waals surface area contributed by atoms with Gasteiger partial charge in [-0.05, 0) is 66.3 Å². The molecule has 0 fully saturated rings. The van der Waals surface area contributed by atoms with Crippen molar-refractivity contribution < 1.29 is 9.59 Å². The Balaban J connectivity index is 1.10. The molecule has 0 spiro atoms. The highest BCUT2D eigenvalue weighted by Gasteiger charge is 2.43. The SMILES string of the molecule is CC(=O)C(CC1=CCC(C(c2ccccc2)(c2ccccc2)c2ccccc2)C=I1)N(C)C(=O)CCC1c2ccccc2-c2ccccc21. The van der Waals surface area contributed by atoms with Crippen LogP contribution in [0.15, 0.2) is 149 Å². The third-order valence-corrected chi connectivity index (χ3v) is 13.4. The van der Waals surface area contributed by atoms with Crippen LogP contribution in [-0.2, 0) is 15.0 Å². The van der Waals surface area contributed by atoms with Gasteiger partial charge in [-0.2, -0.15) is 0 Å². The van der Waals surface area contributed by atoms with Crippen LogP contribution in [0.5, 0.6) is 0 Å². The van der Waals surface area contributed by atoms with Crippen molar-refractivity contribution in [3.8, 4) is 11.1 Å². The summed E-state index contributed by atoms with van der Waals surface area (Å²) in [5.74, 6) is 0.531. The lowest BCUT2D eigenvalue weighted by molar-refractivity contribution is -0.137. The second kappa shape index (κ2) is 14.6. The highest BCUT2D eigenvalue weighted by molar-refractivity contribution is 14.2. The molecule has 1 amide bonds. The minimum absolute atomic E-state index is 0.0368. The van der Waals surface area contributed by atoms with Crippen LogP contribution in [0.25, 0.3) is 11.1 Å². The summed E-state index contributed by atoms with van der Waals surface area (Å²) in [6.07, 6.45) is 5.01. The third-order valence-electron chi connectivity index (χ3n) is 10.5. The van der Waals surface area contributed by atoms with Crippen LogP contribution in [-0.4, -0.2) is 33.7 Å². The molecule has 1 heterocycles. The van der Waals surface area contributed by atoms with Crippen LogP contribution in [0, 0.1) is 5.92 Å². The molecule has 246 valence electrons. The number of ketones is 1. The summed E-state index contributed by atoms with van der Waals surface area (Å²) in [5.41, 5.74) is 8.64. The van der Waals surface area contributed by atoms with Crippen molar-refractivity contribution in [2.45, 2.75) is 50.0 Å². The Morgan fingerprint density at radius 1 is 0.714 bits per heavy atom. The molecular formula is C45H42INO2. The number of amides is 1. The van der Waals surface area contributed by atoms with Crippen LogP contribution in [0.1, 0.15) is 66.3 Å². The maximum atomic E-state index is 13.7. The van der Waals surface area contributed by atoms with Crippen molar-refractivity contribution in [1.82, 2.24) is 4.90 Å². The van der Waals surface area contributed by atoms with Crippen molar-refractivity contribution in [1.29, 1.82) is 0 Å². The molecule has 2 atom stereocenters. The molecule has 2 aliphatic rings. The maximum Gasteiger partial charge on any atom is 0.222 e. The van der Waals surface area contributed by atoms with Crippen molar-refractivity contribution >= 4 is 36.4 Å². The predicted octanol–water partition coefficient (Wildman–Crippen LogP) is 10.1.